The van der Waals surface area contributed by atoms with Crippen LogP contribution in [0.4, 0.5) is 5.69 Å². The van der Waals surface area contributed by atoms with Crippen molar-refractivity contribution < 1.29 is 14.4 Å². The van der Waals surface area contributed by atoms with E-state index in [2.05, 4.69) is 10.9 Å². The number of esters is 1. The average Bonchev–Trinajstić information content (AvgIpc) is 2.60. The van der Waals surface area contributed by atoms with Gasteiger partial charge in [0.25, 0.3) is 0 Å². The monoisotopic (exact) mass is 328 g/mol. The standard InChI is InChI=1S/C17H18N3O4/c1-2-24-17(21)12-16(19-18-14-6-4-3-5-7-14)13-8-10-15(11-9-13)20(22)23/h3-11,18-19H,2,12H2,1H3/q-1. The first kappa shape index (κ1) is 17.1. The molecule has 0 unspecified atom stereocenters. The maximum Gasteiger partial charge on any atom is 0.311 e. The van der Waals surface area contributed by atoms with Gasteiger partial charge in [-0.05, 0) is 36.8 Å². The number of anilines is 1. The van der Waals surface area contributed by atoms with E-state index in [0.29, 0.717) is 17.9 Å². The van der Waals surface area contributed by atoms with Gasteiger partial charge in [-0.2, -0.15) is 4.90 Å². The first-order valence-electron chi connectivity index (χ1n) is 7.43. The lowest BCUT2D eigenvalue weighted by Crippen LogP contribution is -2.25. The molecule has 0 fully saturated rings. The highest BCUT2D eigenvalue weighted by Gasteiger charge is 2.13. The second-order valence-corrected chi connectivity index (χ2v) is 4.88. The van der Waals surface area contributed by atoms with Crippen LogP contribution in [0.25, 0.3) is 0 Å². The first-order valence-corrected chi connectivity index (χ1v) is 7.43. The minimum Gasteiger partial charge on any atom is -0.612 e. The van der Waals surface area contributed by atoms with Gasteiger partial charge in [-0.25, -0.2) is 0 Å². The minimum absolute atomic E-state index is 0.00902. The summed E-state index contributed by atoms with van der Waals surface area (Å²) in [5, 5.41) is 21.5. The van der Waals surface area contributed by atoms with Crippen molar-refractivity contribution >= 4 is 17.4 Å². The summed E-state index contributed by atoms with van der Waals surface area (Å²) in [5.74, 6) is -0.381. The summed E-state index contributed by atoms with van der Waals surface area (Å²) in [4.78, 5) is 11.3. The largest absolute Gasteiger partial charge is 0.612 e. The van der Waals surface area contributed by atoms with Crippen LogP contribution in [-0.2, 0) is 9.53 Å². The lowest BCUT2D eigenvalue weighted by molar-refractivity contribution is -0.377. The molecule has 0 saturated carbocycles. The van der Waals surface area contributed by atoms with Crippen LogP contribution in [0.3, 0.4) is 0 Å². The summed E-state index contributed by atoms with van der Waals surface area (Å²) >= 11 is 0. The van der Waals surface area contributed by atoms with E-state index in [1.54, 1.807) is 19.1 Å². The predicted molar refractivity (Wildman–Crippen MR) is 91.8 cm³/mol. The van der Waals surface area contributed by atoms with Gasteiger partial charge in [0.2, 0.25) is 5.71 Å². The fraction of sp³-hybridized carbons (Fsp3) is 0.176. The molecule has 0 spiro atoms. The highest BCUT2D eigenvalue weighted by atomic mass is 16.8. The highest BCUT2D eigenvalue weighted by Crippen LogP contribution is 2.15. The average molecular weight is 328 g/mol. The molecule has 0 atom stereocenters. The van der Waals surface area contributed by atoms with E-state index < -0.39 is 4.90 Å². The van der Waals surface area contributed by atoms with Crippen molar-refractivity contribution in [3.05, 3.63) is 76.3 Å². The molecule has 1 aliphatic rings. The van der Waals surface area contributed by atoms with Crippen molar-refractivity contribution in [3.63, 3.8) is 0 Å². The molecule has 0 radical (unpaired) electrons. The van der Waals surface area contributed by atoms with E-state index >= 15 is 0 Å². The van der Waals surface area contributed by atoms with Crippen LogP contribution in [0.1, 0.15) is 13.3 Å². The van der Waals surface area contributed by atoms with E-state index in [4.69, 9.17) is 4.74 Å². The Morgan fingerprint density at radius 1 is 1.12 bits per heavy atom. The topological polar surface area (TPSA) is 99.5 Å². The van der Waals surface area contributed by atoms with Crippen LogP contribution in [0.5, 0.6) is 0 Å². The van der Waals surface area contributed by atoms with Crippen LogP contribution in [0, 0.1) is 10.4 Å². The van der Waals surface area contributed by atoms with E-state index in [1.165, 1.54) is 12.2 Å². The number of hydrogen-bond donors (Lipinski definition) is 2. The third kappa shape index (κ3) is 4.91. The molecule has 2 N–H and O–H groups in total. The number of nitrogens with one attached hydrogen (secondary N) is 2. The Hall–Kier alpha value is -3.22. The zero-order chi connectivity index (χ0) is 17.4. The molecule has 24 heavy (non-hydrogen) atoms. The van der Waals surface area contributed by atoms with Gasteiger partial charge in [0, 0.05) is 17.8 Å². The van der Waals surface area contributed by atoms with Gasteiger partial charge >= 0.3 is 5.97 Å². The van der Waals surface area contributed by atoms with Gasteiger partial charge in [-0.1, -0.05) is 18.2 Å². The van der Waals surface area contributed by atoms with E-state index in [1.807, 2.05) is 30.3 Å². The van der Waals surface area contributed by atoms with Gasteiger partial charge in [0.05, 0.1) is 18.7 Å². The van der Waals surface area contributed by atoms with E-state index in [9.17, 15) is 15.2 Å². The fourth-order valence-corrected chi connectivity index (χ4v) is 2.03. The van der Waals surface area contributed by atoms with Crippen LogP contribution < -0.4 is 10.9 Å². The molecular formula is C17H18N3O4-. The summed E-state index contributed by atoms with van der Waals surface area (Å²) < 4.78 is 4.97. The Kier molecular flexibility index (Phi) is 6.01. The summed E-state index contributed by atoms with van der Waals surface area (Å²) in [6, 6.07) is 9.38. The first-order chi connectivity index (χ1) is 11.6. The van der Waals surface area contributed by atoms with Crippen molar-refractivity contribution in [3.8, 4) is 0 Å². The third-order valence-corrected chi connectivity index (χ3v) is 3.18. The zero-order valence-electron chi connectivity index (χ0n) is 13.2. The number of hydrogen-bond acceptors (Lipinski definition) is 6. The lowest BCUT2D eigenvalue weighted by atomic mass is 10.0. The summed E-state index contributed by atoms with van der Waals surface area (Å²) in [7, 11) is 0. The lowest BCUT2D eigenvalue weighted by Gasteiger charge is -2.16. The Balaban J connectivity index is 2.18. The smallest absolute Gasteiger partial charge is 0.311 e. The van der Waals surface area contributed by atoms with Gasteiger partial charge < -0.3 is 26.0 Å². The molecule has 2 rings (SSSR count). The van der Waals surface area contributed by atoms with Crippen molar-refractivity contribution in [1.29, 1.82) is 0 Å². The molecule has 1 aromatic rings. The Bertz CT molecular complexity index is 684. The Morgan fingerprint density at radius 2 is 1.79 bits per heavy atom. The van der Waals surface area contributed by atoms with Crippen molar-refractivity contribution in [2.75, 3.05) is 12.0 Å². The molecular weight excluding hydrogens is 310 g/mol. The molecule has 7 nitrogen and oxygen atoms in total. The number of carbonyl (C=O) groups is 1. The molecule has 7 heteroatoms. The molecule has 0 saturated heterocycles. The quantitative estimate of drug-likeness (QED) is 0.472. The normalized spacial score (nSPS) is 12.7. The number of para-hydroxylation sites is 1. The maximum absolute atomic E-state index is 11.8. The Labute approximate surface area is 139 Å². The number of rotatable bonds is 6. The number of hydrazine groups is 1. The number of allylic oxidation sites excluding steroid dienone is 5. The number of benzene rings is 1. The predicted octanol–water partition coefficient (Wildman–Crippen LogP) is 2.39. The highest BCUT2D eigenvalue weighted by molar-refractivity contribution is 6.02. The van der Waals surface area contributed by atoms with Crippen molar-refractivity contribution in [2.45, 2.75) is 13.3 Å². The SMILES string of the molecule is CCOC(=O)CC(NNc1ccccc1)=C1C=CC(=[N+]([O-])[O-])C=C1. The van der Waals surface area contributed by atoms with E-state index in [-0.39, 0.29) is 18.1 Å². The van der Waals surface area contributed by atoms with Gasteiger partial charge in [-0.3, -0.25) is 4.79 Å². The molecule has 1 aliphatic carbocycles. The molecule has 1 aromatic carbocycles. The van der Waals surface area contributed by atoms with Crippen LogP contribution in [-0.4, -0.2) is 23.2 Å². The minimum atomic E-state index is -0.468. The van der Waals surface area contributed by atoms with Crippen molar-refractivity contribution in [2.24, 2.45) is 0 Å². The second-order valence-electron chi connectivity index (χ2n) is 4.88. The van der Waals surface area contributed by atoms with Gasteiger partial charge in [0.15, 0.2) is 0 Å². The third-order valence-electron chi connectivity index (χ3n) is 3.18. The Morgan fingerprint density at radius 3 is 2.38 bits per heavy atom. The maximum atomic E-state index is 11.8. The summed E-state index contributed by atoms with van der Waals surface area (Å²) in [6.07, 6.45) is 5.99. The molecule has 0 heterocycles. The summed E-state index contributed by atoms with van der Waals surface area (Å²) in [5.41, 5.74) is 8.02. The molecule has 0 aliphatic heterocycles. The van der Waals surface area contributed by atoms with E-state index in [0.717, 1.165) is 5.69 Å². The molecule has 126 valence electrons. The van der Waals surface area contributed by atoms with Crippen LogP contribution in [0.15, 0.2) is 65.9 Å². The second kappa shape index (κ2) is 8.42. The number of carbonyl (C=O) groups excluding carboxylic acids is 1. The van der Waals surface area contributed by atoms with Crippen LogP contribution in [0.2, 0.25) is 0 Å². The molecule has 0 bridgehead atoms. The molecule has 0 amide bonds. The van der Waals surface area contributed by atoms with Crippen molar-refractivity contribution in [1.82, 2.24) is 5.43 Å². The molecule has 0 aromatic heterocycles. The van der Waals surface area contributed by atoms with Gasteiger partial charge in [0.1, 0.15) is 0 Å². The van der Waals surface area contributed by atoms with Crippen LogP contribution >= 0.6 is 0 Å². The van der Waals surface area contributed by atoms with Gasteiger partial charge in [-0.15, -0.1) is 0 Å². The fourth-order valence-electron chi connectivity index (χ4n) is 2.03. The number of nitrogens with zero attached hydrogens (tertiary/aromatic N) is 1. The zero-order valence-corrected chi connectivity index (χ0v) is 13.2. The number of ether oxygens (including phenoxy) is 1. The summed E-state index contributed by atoms with van der Waals surface area (Å²) in [6.45, 7) is 2.03.